The predicted octanol–water partition coefficient (Wildman–Crippen LogP) is 5.98. The van der Waals surface area contributed by atoms with Gasteiger partial charge in [0, 0.05) is 23.8 Å². The Morgan fingerprint density at radius 1 is 1.04 bits per heavy atom. The molecule has 2 unspecified atom stereocenters. The third-order valence-corrected chi connectivity index (χ3v) is 5.17. The van der Waals surface area contributed by atoms with E-state index >= 15 is 0 Å². The van der Waals surface area contributed by atoms with E-state index < -0.39 is 23.6 Å². The van der Waals surface area contributed by atoms with Crippen LogP contribution < -0.4 is 0 Å². The number of benzene rings is 2. The maximum atomic E-state index is 14.7. The fourth-order valence-electron chi connectivity index (χ4n) is 3.49. The Labute approximate surface area is 158 Å². The molecule has 2 atom stereocenters. The molecular weight excluding hydrogens is 353 g/mol. The fraction of sp³-hybridized carbons (Fsp3) is 0.455. The van der Waals surface area contributed by atoms with E-state index in [2.05, 4.69) is 6.92 Å². The highest BCUT2D eigenvalue weighted by Gasteiger charge is 2.27. The number of hydrogen-bond donors (Lipinski definition) is 0. The monoisotopic (exact) mass is 378 g/mol. The summed E-state index contributed by atoms with van der Waals surface area (Å²) in [6.07, 6.45) is 3.48. The van der Waals surface area contributed by atoms with Gasteiger partial charge in [0.15, 0.2) is 11.6 Å². The van der Waals surface area contributed by atoms with E-state index in [1.807, 2.05) is 0 Å². The second kappa shape index (κ2) is 8.89. The largest absolute Gasteiger partial charge is 0.379 e. The van der Waals surface area contributed by atoms with Crippen molar-refractivity contribution < 1.29 is 22.6 Å². The molecule has 1 saturated heterocycles. The molecule has 3 rings (SSSR count). The van der Waals surface area contributed by atoms with Crippen molar-refractivity contribution in [3.63, 3.8) is 0 Å². The van der Waals surface area contributed by atoms with Crippen molar-refractivity contribution in [2.45, 2.75) is 51.2 Å². The van der Waals surface area contributed by atoms with E-state index in [0.717, 1.165) is 31.2 Å². The highest BCUT2D eigenvalue weighted by atomic mass is 19.2. The molecule has 1 aliphatic heterocycles. The molecule has 0 radical (unpaired) electrons. The third-order valence-electron chi connectivity index (χ3n) is 5.17. The van der Waals surface area contributed by atoms with Gasteiger partial charge in [-0.15, -0.1) is 0 Å². The van der Waals surface area contributed by atoms with Crippen LogP contribution in [0.5, 0.6) is 0 Å². The SMILES string of the molecule is CCCCc1ccc(-c2ccc(C3CCC(OC)CO3)c(F)c2F)c(F)c1. The molecule has 2 aromatic carbocycles. The van der Waals surface area contributed by atoms with E-state index in [0.29, 0.717) is 13.0 Å². The van der Waals surface area contributed by atoms with Gasteiger partial charge in [-0.1, -0.05) is 37.6 Å². The predicted molar refractivity (Wildman–Crippen MR) is 99.1 cm³/mol. The lowest BCUT2D eigenvalue weighted by Gasteiger charge is -2.28. The minimum atomic E-state index is -1.04. The molecule has 0 spiro atoms. The number of methoxy groups -OCH3 is 1. The lowest BCUT2D eigenvalue weighted by atomic mass is 9.95. The lowest BCUT2D eigenvalue weighted by Crippen LogP contribution is -2.27. The van der Waals surface area contributed by atoms with Crippen LogP contribution in [0.3, 0.4) is 0 Å². The Balaban J connectivity index is 1.85. The van der Waals surface area contributed by atoms with Crippen LogP contribution in [0.1, 0.15) is 49.8 Å². The van der Waals surface area contributed by atoms with Gasteiger partial charge in [0.05, 0.1) is 18.8 Å². The molecule has 1 fully saturated rings. The molecule has 0 saturated carbocycles. The van der Waals surface area contributed by atoms with Gasteiger partial charge in [0.2, 0.25) is 0 Å². The second-order valence-corrected chi connectivity index (χ2v) is 7.01. The maximum Gasteiger partial charge on any atom is 0.167 e. The van der Waals surface area contributed by atoms with Crippen molar-refractivity contribution in [2.24, 2.45) is 0 Å². The minimum absolute atomic E-state index is 0.0197. The molecule has 0 aromatic heterocycles. The van der Waals surface area contributed by atoms with Crippen LogP contribution in [0.25, 0.3) is 11.1 Å². The molecule has 0 amide bonds. The van der Waals surface area contributed by atoms with E-state index in [1.54, 1.807) is 13.2 Å². The zero-order valence-corrected chi connectivity index (χ0v) is 15.7. The Morgan fingerprint density at radius 2 is 1.81 bits per heavy atom. The van der Waals surface area contributed by atoms with Gasteiger partial charge in [-0.2, -0.15) is 0 Å². The number of halogens is 3. The van der Waals surface area contributed by atoms with Crippen LogP contribution in [-0.4, -0.2) is 19.8 Å². The number of ether oxygens (including phenoxy) is 2. The highest BCUT2D eigenvalue weighted by molar-refractivity contribution is 5.66. The summed E-state index contributed by atoms with van der Waals surface area (Å²) in [7, 11) is 1.60. The van der Waals surface area contributed by atoms with Crippen LogP contribution >= 0.6 is 0 Å². The molecule has 2 aromatic rings. The van der Waals surface area contributed by atoms with Gasteiger partial charge in [0.1, 0.15) is 5.82 Å². The Kier molecular flexibility index (Phi) is 6.55. The van der Waals surface area contributed by atoms with E-state index in [9.17, 15) is 13.2 Å². The molecule has 1 heterocycles. The van der Waals surface area contributed by atoms with Gasteiger partial charge in [-0.25, -0.2) is 13.2 Å². The van der Waals surface area contributed by atoms with Gasteiger partial charge >= 0.3 is 0 Å². The number of aryl methyl sites for hydroxylation is 1. The van der Waals surface area contributed by atoms with Crippen molar-refractivity contribution in [3.05, 3.63) is 58.9 Å². The number of hydrogen-bond acceptors (Lipinski definition) is 2. The summed E-state index contributed by atoms with van der Waals surface area (Å²) >= 11 is 0. The summed E-state index contributed by atoms with van der Waals surface area (Å²) in [5.74, 6) is -2.54. The third kappa shape index (κ3) is 4.36. The molecule has 0 aliphatic carbocycles. The van der Waals surface area contributed by atoms with E-state index in [1.165, 1.54) is 24.3 Å². The molecule has 5 heteroatoms. The first kappa shape index (κ1) is 19.9. The first-order valence-electron chi connectivity index (χ1n) is 9.46. The molecule has 0 N–H and O–H groups in total. The van der Waals surface area contributed by atoms with Crippen LogP contribution in [0.4, 0.5) is 13.2 Å². The van der Waals surface area contributed by atoms with E-state index in [4.69, 9.17) is 9.47 Å². The summed E-state index contributed by atoms with van der Waals surface area (Å²) in [6, 6.07) is 7.64. The summed E-state index contributed by atoms with van der Waals surface area (Å²) < 4.78 is 54.7. The molecule has 27 heavy (non-hydrogen) atoms. The van der Waals surface area contributed by atoms with Crippen molar-refractivity contribution in [3.8, 4) is 11.1 Å². The van der Waals surface area contributed by atoms with Gasteiger partial charge in [0.25, 0.3) is 0 Å². The fourth-order valence-corrected chi connectivity index (χ4v) is 3.49. The van der Waals surface area contributed by atoms with Crippen molar-refractivity contribution in [1.29, 1.82) is 0 Å². The highest BCUT2D eigenvalue weighted by Crippen LogP contribution is 2.35. The first-order valence-corrected chi connectivity index (χ1v) is 9.46. The zero-order valence-electron chi connectivity index (χ0n) is 15.7. The summed E-state index contributed by atoms with van der Waals surface area (Å²) in [5.41, 5.74) is 1.04. The summed E-state index contributed by atoms with van der Waals surface area (Å²) in [6.45, 7) is 2.41. The Hall–Kier alpha value is -1.85. The van der Waals surface area contributed by atoms with Crippen molar-refractivity contribution >= 4 is 0 Å². The van der Waals surface area contributed by atoms with Crippen molar-refractivity contribution in [1.82, 2.24) is 0 Å². The Bertz CT molecular complexity index is 783. The lowest BCUT2D eigenvalue weighted by molar-refractivity contribution is -0.0736. The summed E-state index contributed by atoms with van der Waals surface area (Å²) in [5, 5.41) is 0. The number of rotatable bonds is 6. The van der Waals surface area contributed by atoms with E-state index in [-0.39, 0.29) is 22.8 Å². The van der Waals surface area contributed by atoms with Crippen molar-refractivity contribution in [2.75, 3.05) is 13.7 Å². The summed E-state index contributed by atoms with van der Waals surface area (Å²) in [4.78, 5) is 0. The van der Waals surface area contributed by atoms with Crippen LogP contribution in [0.2, 0.25) is 0 Å². The van der Waals surface area contributed by atoms with Gasteiger partial charge in [-0.3, -0.25) is 0 Å². The van der Waals surface area contributed by atoms with Crippen LogP contribution in [-0.2, 0) is 15.9 Å². The van der Waals surface area contributed by atoms with Crippen LogP contribution in [0.15, 0.2) is 30.3 Å². The maximum absolute atomic E-state index is 14.7. The van der Waals surface area contributed by atoms with Gasteiger partial charge < -0.3 is 9.47 Å². The molecular formula is C22H25F3O2. The average molecular weight is 378 g/mol. The molecule has 0 bridgehead atoms. The minimum Gasteiger partial charge on any atom is -0.379 e. The number of unbranched alkanes of at least 4 members (excludes halogenated alkanes) is 1. The molecule has 2 nitrogen and oxygen atoms in total. The smallest absolute Gasteiger partial charge is 0.167 e. The first-order chi connectivity index (χ1) is 13.0. The quantitative estimate of drug-likeness (QED) is 0.616. The molecule has 146 valence electrons. The topological polar surface area (TPSA) is 18.5 Å². The normalized spacial score (nSPS) is 20.0. The Morgan fingerprint density at radius 3 is 2.44 bits per heavy atom. The average Bonchev–Trinajstić information content (AvgIpc) is 2.69. The standard InChI is InChI=1S/C22H25F3O2/c1-3-4-5-14-6-8-16(19(23)12-14)17-9-10-18(22(25)21(17)24)20-11-7-15(26-2)13-27-20/h6,8-10,12,15,20H,3-5,7,11,13H2,1-2H3. The van der Waals surface area contributed by atoms with Gasteiger partial charge in [-0.05, 0) is 37.3 Å². The molecule has 1 aliphatic rings. The van der Waals surface area contributed by atoms with Crippen LogP contribution in [0, 0.1) is 17.5 Å². The zero-order chi connectivity index (χ0) is 19.4. The second-order valence-electron chi connectivity index (χ2n) is 7.01.